The molecule has 7 heteroatoms. The van der Waals surface area contributed by atoms with E-state index in [0.717, 1.165) is 11.3 Å². The van der Waals surface area contributed by atoms with Gasteiger partial charge in [0.05, 0.1) is 19.1 Å². The van der Waals surface area contributed by atoms with Crippen LogP contribution in [0.5, 0.6) is 5.75 Å². The first-order valence-corrected chi connectivity index (χ1v) is 9.99. The Morgan fingerprint density at radius 3 is 2.33 bits per heavy atom. The molecule has 3 rings (SSSR count). The van der Waals surface area contributed by atoms with Crippen LogP contribution in [0.25, 0.3) is 0 Å². The molecule has 1 heterocycles. The van der Waals surface area contributed by atoms with E-state index in [4.69, 9.17) is 4.74 Å². The second-order valence-electron chi connectivity index (χ2n) is 7.47. The Morgan fingerprint density at radius 1 is 1.03 bits per heavy atom. The highest BCUT2D eigenvalue weighted by Gasteiger charge is 2.36. The number of methoxy groups -OCH3 is 1. The van der Waals surface area contributed by atoms with E-state index in [2.05, 4.69) is 10.6 Å². The lowest BCUT2D eigenvalue weighted by Crippen LogP contribution is -2.47. The fourth-order valence-electron chi connectivity index (χ4n) is 3.46. The van der Waals surface area contributed by atoms with Crippen molar-refractivity contribution in [2.75, 3.05) is 18.6 Å². The van der Waals surface area contributed by atoms with Gasteiger partial charge >= 0.3 is 0 Å². The molecule has 0 bridgehead atoms. The van der Waals surface area contributed by atoms with E-state index < -0.39 is 12.0 Å². The standard InChI is InChI=1S/C23H27N3O4/c1-15(17-7-5-4-6-8-17)24-22(28)16(2)25-23(29)18-13-21(27)26(14-18)19-9-11-20(30-3)12-10-19/h4-12,15-16,18H,13-14H2,1-3H3,(H,24,28)(H,25,29)/t15-,16+,18+/m1/s1. The lowest BCUT2D eigenvalue weighted by molar-refractivity contribution is -0.131. The molecule has 1 fully saturated rings. The van der Waals surface area contributed by atoms with Crippen molar-refractivity contribution in [3.8, 4) is 5.75 Å². The first kappa shape index (κ1) is 21.4. The van der Waals surface area contributed by atoms with Gasteiger partial charge in [0.15, 0.2) is 0 Å². The van der Waals surface area contributed by atoms with Gasteiger partial charge in [0.2, 0.25) is 17.7 Å². The van der Waals surface area contributed by atoms with Crippen LogP contribution in [0.2, 0.25) is 0 Å². The van der Waals surface area contributed by atoms with Crippen molar-refractivity contribution in [3.05, 3.63) is 60.2 Å². The number of rotatable bonds is 7. The smallest absolute Gasteiger partial charge is 0.242 e. The van der Waals surface area contributed by atoms with Gasteiger partial charge in [-0.25, -0.2) is 0 Å². The van der Waals surface area contributed by atoms with Crippen LogP contribution in [0.1, 0.15) is 31.9 Å². The Morgan fingerprint density at radius 2 is 1.70 bits per heavy atom. The van der Waals surface area contributed by atoms with Gasteiger partial charge in [0.25, 0.3) is 0 Å². The van der Waals surface area contributed by atoms with Gasteiger partial charge < -0.3 is 20.3 Å². The number of benzene rings is 2. The van der Waals surface area contributed by atoms with Gasteiger partial charge in [0.1, 0.15) is 11.8 Å². The third kappa shape index (κ3) is 4.97. The van der Waals surface area contributed by atoms with Crippen molar-refractivity contribution in [1.29, 1.82) is 0 Å². The molecule has 158 valence electrons. The largest absolute Gasteiger partial charge is 0.497 e. The maximum atomic E-state index is 12.6. The molecule has 3 amide bonds. The summed E-state index contributed by atoms with van der Waals surface area (Å²) in [6.07, 6.45) is 0.118. The molecule has 0 aliphatic carbocycles. The highest BCUT2D eigenvalue weighted by molar-refractivity contribution is 6.01. The maximum Gasteiger partial charge on any atom is 0.242 e. The minimum Gasteiger partial charge on any atom is -0.497 e. The fourth-order valence-corrected chi connectivity index (χ4v) is 3.46. The highest BCUT2D eigenvalue weighted by Crippen LogP contribution is 2.27. The Balaban J connectivity index is 1.54. The summed E-state index contributed by atoms with van der Waals surface area (Å²) >= 11 is 0. The molecule has 7 nitrogen and oxygen atoms in total. The van der Waals surface area contributed by atoms with Crippen LogP contribution in [-0.4, -0.2) is 37.4 Å². The number of nitrogens with one attached hydrogen (secondary N) is 2. The summed E-state index contributed by atoms with van der Waals surface area (Å²) in [5.41, 5.74) is 1.71. The first-order valence-electron chi connectivity index (χ1n) is 9.99. The monoisotopic (exact) mass is 409 g/mol. The second-order valence-corrected chi connectivity index (χ2v) is 7.47. The van der Waals surface area contributed by atoms with Crippen LogP contribution >= 0.6 is 0 Å². The first-order chi connectivity index (χ1) is 14.4. The van der Waals surface area contributed by atoms with E-state index in [1.54, 1.807) is 43.2 Å². The number of nitrogens with zero attached hydrogens (tertiary/aromatic N) is 1. The van der Waals surface area contributed by atoms with Crippen LogP contribution in [0, 0.1) is 5.92 Å². The molecule has 0 radical (unpaired) electrons. The van der Waals surface area contributed by atoms with E-state index in [0.29, 0.717) is 5.75 Å². The summed E-state index contributed by atoms with van der Waals surface area (Å²) < 4.78 is 5.13. The van der Waals surface area contributed by atoms with Gasteiger partial charge in [0, 0.05) is 18.7 Å². The van der Waals surface area contributed by atoms with Crippen molar-refractivity contribution in [3.63, 3.8) is 0 Å². The number of carbonyl (C=O) groups is 3. The molecule has 2 aromatic rings. The predicted molar refractivity (Wildman–Crippen MR) is 114 cm³/mol. The predicted octanol–water partition coefficient (Wildman–Crippen LogP) is 2.43. The van der Waals surface area contributed by atoms with Gasteiger partial charge in [-0.15, -0.1) is 0 Å². The van der Waals surface area contributed by atoms with Crippen LogP contribution in [0.15, 0.2) is 54.6 Å². The Hall–Kier alpha value is -3.35. The molecule has 2 N–H and O–H groups in total. The number of ether oxygens (including phenoxy) is 1. The zero-order chi connectivity index (χ0) is 21.7. The normalized spacial score (nSPS) is 17.9. The molecule has 2 aromatic carbocycles. The molecule has 1 aliphatic heterocycles. The third-order valence-electron chi connectivity index (χ3n) is 5.29. The lowest BCUT2D eigenvalue weighted by atomic mass is 10.1. The molecular weight excluding hydrogens is 382 g/mol. The number of carbonyl (C=O) groups excluding carboxylic acids is 3. The Kier molecular flexibility index (Phi) is 6.72. The van der Waals surface area contributed by atoms with Crippen molar-refractivity contribution >= 4 is 23.4 Å². The number of hydrogen-bond donors (Lipinski definition) is 2. The number of anilines is 1. The van der Waals surface area contributed by atoms with Crippen molar-refractivity contribution < 1.29 is 19.1 Å². The number of amides is 3. The molecule has 30 heavy (non-hydrogen) atoms. The summed E-state index contributed by atoms with van der Waals surface area (Å²) in [5, 5.41) is 5.64. The zero-order valence-electron chi connectivity index (χ0n) is 17.4. The summed E-state index contributed by atoms with van der Waals surface area (Å²) in [4.78, 5) is 39.1. The molecule has 1 aliphatic rings. The van der Waals surface area contributed by atoms with Crippen molar-refractivity contribution in [1.82, 2.24) is 10.6 Å². The van der Waals surface area contributed by atoms with Crippen LogP contribution in [0.3, 0.4) is 0 Å². The minimum atomic E-state index is -0.700. The Labute approximate surface area is 176 Å². The van der Waals surface area contributed by atoms with E-state index in [1.165, 1.54) is 0 Å². The summed E-state index contributed by atoms with van der Waals surface area (Å²) in [6.45, 7) is 3.82. The van der Waals surface area contributed by atoms with Gasteiger partial charge in [-0.1, -0.05) is 30.3 Å². The topological polar surface area (TPSA) is 87.7 Å². The van der Waals surface area contributed by atoms with Crippen LogP contribution in [-0.2, 0) is 14.4 Å². The van der Waals surface area contributed by atoms with Gasteiger partial charge in [-0.3, -0.25) is 14.4 Å². The quantitative estimate of drug-likeness (QED) is 0.735. The molecule has 0 aromatic heterocycles. The van der Waals surface area contributed by atoms with Crippen LogP contribution in [0.4, 0.5) is 5.69 Å². The summed E-state index contributed by atoms with van der Waals surface area (Å²) in [7, 11) is 1.58. The van der Waals surface area contributed by atoms with E-state index in [-0.39, 0.29) is 36.7 Å². The molecule has 0 saturated carbocycles. The van der Waals surface area contributed by atoms with E-state index >= 15 is 0 Å². The SMILES string of the molecule is COc1ccc(N2C[C@@H](C(=O)N[C@@H](C)C(=O)N[C@H](C)c3ccccc3)CC2=O)cc1. The Bertz CT molecular complexity index is 898. The maximum absolute atomic E-state index is 12.6. The zero-order valence-corrected chi connectivity index (χ0v) is 17.4. The number of hydrogen-bond acceptors (Lipinski definition) is 4. The van der Waals surface area contributed by atoms with E-state index in [9.17, 15) is 14.4 Å². The van der Waals surface area contributed by atoms with Crippen LogP contribution < -0.4 is 20.3 Å². The highest BCUT2D eigenvalue weighted by atomic mass is 16.5. The average molecular weight is 409 g/mol. The minimum absolute atomic E-state index is 0.116. The third-order valence-corrected chi connectivity index (χ3v) is 5.29. The van der Waals surface area contributed by atoms with Gasteiger partial charge in [-0.2, -0.15) is 0 Å². The second kappa shape index (κ2) is 9.43. The van der Waals surface area contributed by atoms with E-state index in [1.807, 2.05) is 37.3 Å². The average Bonchev–Trinajstić information content (AvgIpc) is 3.16. The molecular formula is C23H27N3O4. The molecule has 1 saturated heterocycles. The van der Waals surface area contributed by atoms with Crippen molar-refractivity contribution in [2.24, 2.45) is 5.92 Å². The lowest BCUT2D eigenvalue weighted by Gasteiger charge is -2.20. The summed E-state index contributed by atoms with van der Waals surface area (Å²) in [6, 6.07) is 15.9. The molecule has 0 unspecified atom stereocenters. The van der Waals surface area contributed by atoms with Gasteiger partial charge in [-0.05, 0) is 43.7 Å². The summed E-state index contributed by atoms with van der Waals surface area (Å²) in [5.74, 6) is -0.480. The molecule has 0 spiro atoms. The fraction of sp³-hybridized carbons (Fsp3) is 0.348. The van der Waals surface area contributed by atoms with Crippen molar-refractivity contribution in [2.45, 2.75) is 32.4 Å². The molecule has 3 atom stereocenters.